The summed E-state index contributed by atoms with van der Waals surface area (Å²) in [5.41, 5.74) is 1.05. The predicted octanol–water partition coefficient (Wildman–Crippen LogP) is 3.26. The number of amides is 1. The van der Waals surface area contributed by atoms with E-state index in [2.05, 4.69) is 11.1 Å². The van der Waals surface area contributed by atoms with Crippen molar-refractivity contribution in [2.24, 2.45) is 0 Å². The lowest BCUT2D eigenvalue weighted by molar-refractivity contribution is 0.0774. The summed E-state index contributed by atoms with van der Waals surface area (Å²) in [6.07, 6.45) is 0. The van der Waals surface area contributed by atoms with E-state index in [4.69, 9.17) is 0 Å². The first-order valence-electron chi connectivity index (χ1n) is 11.4. The number of rotatable bonds is 6. The van der Waals surface area contributed by atoms with E-state index in [1.807, 2.05) is 19.9 Å². The summed E-state index contributed by atoms with van der Waals surface area (Å²) in [5, 5.41) is 9.60. The number of para-hydroxylation sites is 1. The Morgan fingerprint density at radius 2 is 1.69 bits per heavy atom. The molecule has 2 heterocycles. The molecule has 8 nitrogen and oxygen atoms in total. The van der Waals surface area contributed by atoms with Gasteiger partial charge in [0.15, 0.2) is 5.65 Å². The highest BCUT2D eigenvalue weighted by Gasteiger charge is 2.24. The molecule has 0 spiro atoms. The van der Waals surface area contributed by atoms with Crippen molar-refractivity contribution in [3.63, 3.8) is 0 Å². The summed E-state index contributed by atoms with van der Waals surface area (Å²) in [6, 6.07) is 19.4. The van der Waals surface area contributed by atoms with Crippen molar-refractivity contribution in [3.05, 3.63) is 104 Å². The van der Waals surface area contributed by atoms with Crippen LogP contribution in [0.1, 0.15) is 41.0 Å². The van der Waals surface area contributed by atoms with Gasteiger partial charge >= 0.3 is 5.69 Å². The van der Waals surface area contributed by atoms with Crippen LogP contribution >= 0.6 is 0 Å². The molecule has 0 saturated carbocycles. The van der Waals surface area contributed by atoms with Gasteiger partial charge in [0.2, 0.25) is 0 Å². The van der Waals surface area contributed by atoms with Crippen LogP contribution in [0.4, 0.5) is 0 Å². The molecule has 0 radical (unpaired) electrons. The van der Waals surface area contributed by atoms with Crippen LogP contribution in [0.5, 0.6) is 0 Å². The molecule has 2 aromatic carbocycles. The van der Waals surface area contributed by atoms with Crippen molar-refractivity contribution < 1.29 is 4.79 Å². The van der Waals surface area contributed by atoms with Crippen LogP contribution in [0.3, 0.4) is 0 Å². The quantitative estimate of drug-likeness (QED) is 0.433. The third-order valence-corrected chi connectivity index (χ3v) is 5.98. The second-order valence-electron chi connectivity index (χ2n) is 8.10. The van der Waals surface area contributed by atoms with Crippen molar-refractivity contribution >= 4 is 16.9 Å². The highest BCUT2D eigenvalue weighted by atomic mass is 16.2. The smallest absolute Gasteiger partial charge is 0.337 e. The number of nitriles is 1. The maximum absolute atomic E-state index is 13.8. The SMILES string of the molecule is CCN(CC)C(=O)c1cc(C)nc2c1c(=O)n(Cc1ccccc1C#N)c(=O)n2-c1ccccc1. The number of benzene rings is 2. The Morgan fingerprint density at radius 1 is 1.03 bits per heavy atom. The maximum atomic E-state index is 13.8. The summed E-state index contributed by atoms with van der Waals surface area (Å²) in [4.78, 5) is 47.2. The number of carbonyl (C=O) groups excluding carboxylic acids is 1. The molecule has 35 heavy (non-hydrogen) atoms. The molecule has 4 rings (SSSR count). The van der Waals surface area contributed by atoms with Gasteiger partial charge in [0.25, 0.3) is 11.5 Å². The number of fused-ring (bicyclic) bond motifs is 1. The highest BCUT2D eigenvalue weighted by Crippen LogP contribution is 2.20. The molecule has 0 N–H and O–H groups in total. The van der Waals surface area contributed by atoms with Crippen LogP contribution in [0.25, 0.3) is 16.7 Å². The van der Waals surface area contributed by atoms with E-state index >= 15 is 0 Å². The molecule has 0 saturated heterocycles. The first-order chi connectivity index (χ1) is 16.9. The zero-order valence-corrected chi connectivity index (χ0v) is 19.9. The van der Waals surface area contributed by atoms with Crippen molar-refractivity contribution in [2.45, 2.75) is 27.3 Å². The standard InChI is InChI=1S/C27H25N5O3/c1-4-30(5-2)25(33)22-15-18(3)29-24-23(22)26(34)31(17-20-12-10-9-11-19(20)16-28)27(35)32(24)21-13-7-6-8-14-21/h6-15H,4-5,17H2,1-3H3. The number of pyridine rings is 1. The predicted molar refractivity (Wildman–Crippen MR) is 134 cm³/mol. The van der Waals surface area contributed by atoms with E-state index in [9.17, 15) is 19.6 Å². The van der Waals surface area contributed by atoms with E-state index in [0.717, 1.165) is 4.57 Å². The third kappa shape index (κ3) is 4.24. The van der Waals surface area contributed by atoms with Crippen molar-refractivity contribution in [2.75, 3.05) is 13.1 Å². The number of carbonyl (C=O) groups is 1. The van der Waals surface area contributed by atoms with Gasteiger partial charge in [-0.05, 0) is 50.6 Å². The largest absolute Gasteiger partial charge is 0.339 e. The Hall–Kier alpha value is -4.51. The van der Waals surface area contributed by atoms with E-state index in [-0.39, 0.29) is 29.0 Å². The zero-order valence-electron chi connectivity index (χ0n) is 19.9. The van der Waals surface area contributed by atoms with Crippen LogP contribution in [0.2, 0.25) is 0 Å². The van der Waals surface area contributed by atoms with Crippen molar-refractivity contribution in [3.8, 4) is 11.8 Å². The van der Waals surface area contributed by atoms with Crippen LogP contribution in [-0.2, 0) is 6.54 Å². The van der Waals surface area contributed by atoms with E-state index in [0.29, 0.717) is 35.6 Å². The average Bonchev–Trinajstić information content (AvgIpc) is 2.87. The summed E-state index contributed by atoms with van der Waals surface area (Å²) in [5.74, 6) is -0.301. The Balaban J connectivity index is 2.13. The van der Waals surface area contributed by atoms with Gasteiger partial charge in [-0.3, -0.25) is 14.2 Å². The molecule has 0 bridgehead atoms. The van der Waals surface area contributed by atoms with Crippen molar-refractivity contribution in [1.82, 2.24) is 19.0 Å². The molecule has 0 aliphatic rings. The number of aromatic nitrogens is 3. The first kappa shape index (κ1) is 23.6. The molecular weight excluding hydrogens is 442 g/mol. The second-order valence-corrected chi connectivity index (χ2v) is 8.10. The number of hydrogen-bond donors (Lipinski definition) is 0. The molecule has 0 aliphatic carbocycles. The summed E-state index contributed by atoms with van der Waals surface area (Å²) < 4.78 is 2.43. The van der Waals surface area contributed by atoms with Gasteiger partial charge in [0.1, 0.15) is 0 Å². The molecule has 0 fully saturated rings. The number of aryl methyl sites for hydroxylation is 1. The Morgan fingerprint density at radius 3 is 2.34 bits per heavy atom. The van der Waals surface area contributed by atoms with Crippen LogP contribution in [-0.4, -0.2) is 38.0 Å². The molecular formula is C27H25N5O3. The molecule has 0 unspecified atom stereocenters. The van der Waals surface area contributed by atoms with Gasteiger partial charge in [0, 0.05) is 18.8 Å². The van der Waals surface area contributed by atoms with Crippen molar-refractivity contribution in [1.29, 1.82) is 5.26 Å². The molecule has 2 aromatic heterocycles. The normalized spacial score (nSPS) is 10.8. The monoisotopic (exact) mass is 467 g/mol. The molecule has 0 aliphatic heterocycles. The average molecular weight is 468 g/mol. The van der Waals surface area contributed by atoms with E-state index in [1.54, 1.807) is 66.4 Å². The maximum Gasteiger partial charge on any atom is 0.337 e. The van der Waals surface area contributed by atoms with E-state index < -0.39 is 11.2 Å². The van der Waals surface area contributed by atoms with Gasteiger partial charge in [-0.2, -0.15) is 5.26 Å². The Labute approximate surface area is 202 Å². The molecule has 176 valence electrons. The lowest BCUT2D eigenvalue weighted by Gasteiger charge is -2.21. The van der Waals surface area contributed by atoms with Gasteiger partial charge in [0.05, 0.1) is 34.8 Å². The van der Waals surface area contributed by atoms with Crippen LogP contribution in [0, 0.1) is 18.3 Å². The molecule has 8 heteroatoms. The molecule has 1 amide bonds. The Bertz CT molecular complexity index is 1580. The second kappa shape index (κ2) is 9.77. The molecule has 4 aromatic rings. The summed E-state index contributed by atoms with van der Waals surface area (Å²) >= 11 is 0. The fourth-order valence-electron chi connectivity index (χ4n) is 4.20. The number of hydrogen-bond acceptors (Lipinski definition) is 5. The minimum atomic E-state index is -0.618. The number of nitrogens with zero attached hydrogens (tertiary/aromatic N) is 5. The lowest BCUT2D eigenvalue weighted by Crippen LogP contribution is -2.41. The van der Waals surface area contributed by atoms with Gasteiger partial charge in [-0.25, -0.2) is 14.3 Å². The van der Waals surface area contributed by atoms with E-state index in [1.165, 1.54) is 4.57 Å². The Kier molecular flexibility index (Phi) is 6.60. The summed E-state index contributed by atoms with van der Waals surface area (Å²) in [6.45, 7) is 6.30. The van der Waals surface area contributed by atoms with Gasteiger partial charge < -0.3 is 4.90 Å². The minimum absolute atomic E-state index is 0.0744. The summed E-state index contributed by atoms with van der Waals surface area (Å²) in [7, 11) is 0. The van der Waals surface area contributed by atoms with Gasteiger partial charge in [-0.1, -0.05) is 36.4 Å². The fourth-order valence-corrected chi connectivity index (χ4v) is 4.20. The third-order valence-electron chi connectivity index (χ3n) is 5.98. The zero-order chi connectivity index (χ0) is 25.1. The topological polar surface area (TPSA) is 101 Å². The first-order valence-corrected chi connectivity index (χ1v) is 11.4. The molecule has 0 atom stereocenters. The minimum Gasteiger partial charge on any atom is -0.339 e. The lowest BCUT2D eigenvalue weighted by atomic mass is 10.1. The van der Waals surface area contributed by atoms with Gasteiger partial charge in [-0.15, -0.1) is 0 Å². The van der Waals surface area contributed by atoms with Crippen LogP contribution < -0.4 is 11.2 Å². The highest BCUT2D eigenvalue weighted by molar-refractivity contribution is 6.05. The van der Waals surface area contributed by atoms with Crippen LogP contribution in [0.15, 0.2) is 70.3 Å². The fraction of sp³-hybridized carbons (Fsp3) is 0.222.